The van der Waals surface area contributed by atoms with Gasteiger partial charge in [0.15, 0.2) is 0 Å². The summed E-state index contributed by atoms with van der Waals surface area (Å²) in [5.74, 6) is -0.305. The molecule has 0 atom stereocenters. The van der Waals surface area contributed by atoms with Crippen LogP contribution in [-0.2, 0) is 6.61 Å². The van der Waals surface area contributed by atoms with Gasteiger partial charge in [-0.05, 0) is 49.2 Å². The van der Waals surface area contributed by atoms with E-state index in [1.165, 1.54) is 6.07 Å². The van der Waals surface area contributed by atoms with Crippen LogP contribution in [0.25, 0.3) is 0 Å². The van der Waals surface area contributed by atoms with Crippen molar-refractivity contribution in [1.82, 2.24) is 0 Å². The minimum Gasteiger partial charge on any atom is -0.542 e. The zero-order valence-electron chi connectivity index (χ0n) is 10.5. The molecule has 0 unspecified atom stereocenters. The van der Waals surface area contributed by atoms with Crippen molar-refractivity contribution in [2.24, 2.45) is 0 Å². The van der Waals surface area contributed by atoms with Gasteiger partial charge in [-0.3, -0.25) is 0 Å². The molecule has 0 N–H and O–H groups in total. The number of hydrogen-bond donors (Lipinski definition) is 0. The first-order valence-corrected chi connectivity index (χ1v) is 6.46. The highest BCUT2D eigenvalue weighted by molar-refractivity contribution is 9.10. The Labute approximate surface area is 119 Å². The van der Waals surface area contributed by atoms with E-state index in [4.69, 9.17) is 9.15 Å². The van der Waals surface area contributed by atoms with Gasteiger partial charge in [-0.15, -0.1) is 0 Å². The number of halogens is 1. The second kappa shape index (κ2) is 5.48. The lowest BCUT2D eigenvalue weighted by Gasteiger charge is -2.11. The highest BCUT2D eigenvalue weighted by Crippen LogP contribution is 2.28. The third-order valence-corrected chi connectivity index (χ3v) is 3.10. The number of furan rings is 1. The second-order valence-electron chi connectivity index (χ2n) is 4.21. The summed E-state index contributed by atoms with van der Waals surface area (Å²) in [6.45, 7) is 4.07. The molecule has 4 nitrogen and oxygen atoms in total. The van der Waals surface area contributed by atoms with E-state index >= 15 is 0 Å². The van der Waals surface area contributed by atoms with Gasteiger partial charge >= 0.3 is 0 Å². The molecule has 100 valence electrons. The maximum Gasteiger partial charge on any atom is 0.149 e. The SMILES string of the molecule is Cc1cc(Br)cc(C)c1OCc1ccc(C(=O)[O-])o1. The van der Waals surface area contributed by atoms with E-state index in [0.29, 0.717) is 5.76 Å². The van der Waals surface area contributed by atoms with Gasteiger partial charge in [-0.2, -0.15) is 0 Å². The van der Waals surface area contributed by atoms with Crippen molar-refractivity contribution in [2.45, 2.75) is 20.5 Å². The molecule has 1 aromatic carbocycles. The molecule has 0 aliphatic carbocycles. The first kappa shape index (κ1) is 13.7. The van der Waals surface area contributed by atoms with Crippen LogP contribution in [0.4, 0.5) is 0 Å². The number of aromatic carboxylic acids is 1. The van der Waals surface area contributed by atoms with Crippen molar-refractivity contribution in [3.63, 3.8) is 0 Å². The van der Waals surface area contributed by atoms with E-state index < -0.39 is 5.97 Å². The minimum absolute atomic E-state index is 0.177. The zero-order valence-corrected chi connectivity index (χ0v) is 12.1. The van der Waals surface area contributed by atoms with Crippen molar-refractivity contribution in [2.75, 3.05) is 0 Å². The number of carboxylic acid groups (broad SMARTS) is 1. The van der Waals surface area contributed by atoms with Crippen molar-refractivity contribution in [3.8, 4) is 5.75 Å². The predicted molar refractivity (Wildman–Crippen MR) is 71.0 cm³/mol. The van der Waals surface area contributed by atoms with E-state index in [9.17, 15) is 9.90 Å². The van der Waals surface area contributed by atoms with Crippen LogP contribution in [-0.4, -0.2) is 5.97 Å². The number of ether oxygens (including phenoxy) is 1. The van der Waals surface area contributed by atoms with Gasteiger partial charge in [0.25, 0.3) is 0 Å². The number of carboxylic acids is 1. The van der Waals surface area contributed by atoms with Gasteiger partial charge in [0.1, 0.15) is 29.8 Å². The molecule has 2 rings (SSSR count). The van der Waals surface area contributed by atoms with Gasteiger partial charge < -0.3 is 19.1 Å². The summed E-state index contributed by atoms with van der Waals surface area (Å²) in [6.07, 6.45) is 0. The van der Waals surface area contributed by atoms with Crippen LogP contribution in [0.2, 0.25) is 0 Å². The molecular formula is C14H12BrO4-. The molecule has 5 heteroatoms. The van der Waals surface area contributed by atoms with E-state index in [-0.39, 0.29) is 12.4 Å². The maximum absolute atomic E-state index is 10.6. The third kappa shape index (κ3) is 3.17. The molecule has 1 aromatic heterocycles. The summed E-state index contributed by atoms with van der Waals surface area (Å²) >= 11 is 3.42. The van der Waals surface area contributed by atoms with Gasteiger partial charge in [0.2, 0.25) is 0 Å². The fraction of sp³-hybridized carbons (Fsp3) is 0.214. The number of aryl methyl sites for hydroxylation is 2. The van der Waals surface area contributed by atoms with Crippen LogP contribution in [0.1, 0.15) is 27.4 Å². The Kier molecular flexibility index (Phi) is 3.95. The highest BCUT2D eigenvalue weighted by Gasteiger charge is 2.08. The van der Waals surface area contributed by atoms with Crippen molar-refractivity contribution in [3.05, 3.63) is 51.4 Å². The summed E-state index contributed by atoms with van der Waals surface area (Å²) < 4.78 is 11.7. The van der Waals surface area contributed by atoms with E-state index in [0.717, 1.165) is 21.3 Å². The molecule has 0 amide bonds. The lowest BCUT2D eigenvalue weighted by molar-refractivity contribution is -0.257. The van der Waals surface area contributed by atoms with Crippen molar-refractivity contribution < 1.29 is 19.1 Å². The molecule has 0 saturated heterocycles. The van der Waals surface area contributed by atoms with Gasteiger partial charge in [-0.25, -0.2) is 0 Å². The van der Waals surface area contributed by atoms with Gasteiger partial charge in [0.05, 0.1) is 0 Å². The van der Waals surface area contributed by atoms with Gasteiger partial charge in [0, 0.05) is 4.47 Å². The van der Waals surface area contributed by atoms with E-state index in [2.05, 4.69) is 15.9 Å². The summed E-state index contributed by atoms with van der Waals surface area (Å²) in [7, 11) is 0. The Balaban J connectivity index is 2.12. The topological polar surface area (TPSA) is 62.5 Å². The number of hydrogen-bond acceptors (Lipinski definition) is 4. The van der Waals surface area contributed by atoms with Crippen LogP contribution in [0.5, 0.6) is 5.75 Å². The first-order chi connectivity index (χ1) is 8.97. The maximum atomic E-state index is 10.6. The molecule has 0 spiro atoms. The monoisotopic (exact) mass is 323 g/mol. The molecule has 0 radical (unpaired) electrons. The number of carbonyl (C=O) groups excluding carboxylic acids is 1. The van der Waals surface area contributed by atoms with Crippen LogP contribution >= 0.6 is 15.9 Å². The zero-order chi connectivity index (χ0) is 14.0. The summed E-state index contributed by atoms with van der Waals surface area (Å²) in [6, 6.07) is 6.83. The number of benzene rings is 1. The van der Waals surface area contributed by atoms with Crippen LogP contribution in [0, 0.1) is 13.8 Å². The first-order valence-electron chi connectivity index (χ1n) is 5.67. The molecule has 19 heavy (non-hydrogen) atoms. The quantitative estimate of drug-likeness (QED) is 0.867. The molecule has 1 heterocycles. The normalized spacial score (nSPS) is 10.5. The number of rotatable bonds is 4. The lowest BCUT2D eigenvalue weighted by Crippen LogP contribution is -2.21. The molecule has 0 aliphatic rings. The summed E-state index contributed by atoms with van der Waals surface area (Å²) in [5.41, 5.74) is 2.00. The summed E-state index contributed by atoms with van der Waals surface area (Å²) in [5, 5.41) is 10.6. The van der Waals surface area contributed by atoms with Gasteiger partial charge in [-0.1, -0.05) is 15.9 Å². The minimum atomic E-state index is -1.33. The Morgan fingerprint density at radius 2 is 1.95 bits per heavy atom. The average Bonchev–Trinajstić information content (AvgIpc) is 2.76. The molecule has 0 fully saturated rings. The van der Waals surface area contributed by atoms with Crippen molar-refractivity contribution in [1.29, 1.82) is 0 Å². The Hall–Kier alpha value is -1.75. The summed E-state index contributed by atoms with van der Waals surface area (Å²) in [4.78, 5) is 10.6. The van der Waals surface area contributed by atoms with E-state index in [1.807, 2.05) is 26.0 Å². The molecule has 0 bridgehead atoms. The molecular weight excluding hydrogens is 312 g/mol. The Morgan fingerprint density at radius 1 is 1.32 bits per heavy atom. The standard InChI is InChI=1S/C14H13BrO4/c1-8-5-10(15)6-9(2)13(8)18-7-11-3-4-12(19-11)14(16)17/h3-6H,7H2,1-2H3,(H,16,17)/p-1. The van der Waals surface area contributed by atoms with Crippen molar-refractivity contribution >= 4 is 21.9 Å². The van der Waals surface area contributed by atoms with Crippen LogP contribution in [0.3, 0.4) is 0 Å². The molecule has 2 aromatic rings. The molecule has 0 aliphatic heterocycles. The number of carbonyl (C=O) groups is 1. The lowest BCUT2D eigenvalue weighted by atomic mass is 10.1. The largest absolute Gasteiger partial charge is 0.542 e. The smallest absolute Gasteiger partial charge is 0.149 e. The predicted octanol–water partition coefficient (Wildman–Crippen LogP) is 2.60. The Bertz CT molecular complexity index is 593. The fourth-order valence-corrected chi connectivity index (χ4v) is 2.52. The molecule has 0 saturated carbocycles. The third-order valence-electron chi connectivity index (χ3n) is 2.65. The average molecular weight is 324 g/mol. The Morgan fingerprint density at radius 3 is 2.47 bits per heavy atom. The highest BCUT2D eigenvalue weighted by atomic mass is 79.9. The van der Waals surface area contributed by atoms with E-state index in [1.54, 1.807) is 6.07 Å². The van der Waals surface area contributed by atoms with Crippen LogP contribution in [0.15, 0.2) is 33.2 Å². The van der Waals surface area contributed by atoms with Crippen LogP contribution < -0.4 is 9.84 Å². The fourth-order valence-electron chi connectivity index (χ4n) is 1.83. The second-order valence-corrected chi connectivity index (χ2v) is 5.13.